The number of hydrogen-bond donors (Lipinski definition) is 2. The van der Waals surface area contributed by atoms with Crippen molar-refractivity contribution in [3.05, 3.63) is 34.9 Å². The Morgan fingerprint density at radius 1 is 1.43 bits per heavy atom. The van der Waals surface area contributed by atoms with Crippen LogP contribution < -0.4 is 11.1 Å². The highest BCUT2D eigenvalue weighted by Gasteiger charge is 2.36. The molecule has 0 unspecified atom stereocenters. The smallest absolute Gasteiger partial charge is 0.236 e. The Balaban J connectivity index is 2.08. The average Bonchev–Trinajstić information content (AvgIpc) is 2.58. The molecule has 0 spiro atoms. The van der Waals surface area contributed by atoms with E-state index < -0.39 is 6.04 Å². The molecule has 1 atom stereocenters. The van der Waals surface area contributed by atoms with Crippen LogP contribution in [-0.4, -0.2) is 43.7 Å². The standard InChI is InChI=1S/C17H25ClN2O2S/c1-23-11-6-15(19)16(21)20-12-17(7-9-22-10-8-17)13-4-2-3-5-14(13)18/h2-5,15H,6-12,19H2,1H3,(H,20,21)/t15-/m0/s1. The summed E-state index contributed by atoms with van der Waals surface area (Å²) in [5.41, 5.74) is 6.87. The first-order valence-corrected chi connectivity index (χ1v) is 9.71. The Labute approximate surface area is 147 Å². The second kappa shape index (κ2) is 8.92. The number of carbonyl (C=O) groups excluding carboxylic acids is 1. The lowest BCUT2D eigenvalue weighted by atomic mass is 9.74. The van der Waals surface area contributed by atoms with Gasteiger partial charge in [-0.05, 0) is 42.9 Å². The molecular formula is C17H25ClN2O2S. The normalized spacial score (nSPS) is 18.4. The second-order valence-corrected chi connectivity index (χ2v) is 7.37. The van der Waals surface area contributed by atoms with Gasteiger partial charge in [0.15, 0.2) is 0 Å². The van der Waals surface area contributed by atoms with Crippen molar-refractivity contribution in [1.82, 2.24) is 5.32 Å². The first-order valence-electron chi connectivity index (χ1n) is 7.94. The number of rotatable bonds is 7. The van der Waals surface area contributed by atoms with E-state index in [1.807, 2.05) is 30.5 Å². The van der Waals surface area contributed by atoms with Crippen molar-refractivity contribution in [2.75, 3.05) is 31.8 Å². The molecule has 1 aromatic rings. The summed E-state index contributed by atoms with van der Waals surface area (Å²) in [6.45, 7) is 1.91. The maximum absolute atomic E-state index is 12.2. The van der Waals surface area contributed by atoms with Gasteiger partial charge in [-0.3, -0.25) is 4.79 Å². The summed E-state index contributed by atoms with van der Waals surface area (Å²) >= 11 is 8.11. The fraction of sp³-hybridized carbons (Fsp3) is 0.588. The molecule has 1 aromatic carbocycles. The molecule has 0 bridgehead atoms. The zero-order valence-electron chi connectivity index (χ0n) is 13.5. The molecule has 0 radical (unpaired) electrons. The fourth-order valence-corrected chi connectivity index (χ4v) is 3.78. The molecule has 1 aliphatic rings. The van der Waals surface area contributed by atoms with Gasteiger partial charge in [0.1, 0.15) is 0 Å². The van der Waals surface area contributed by atoms with Crippen molar-refractivity contribution in [3.8, 4) is 0 Å². The Kier molecular flexibility index (Phi) is 7.21. The zero-order valence-corrected chi connectivity index (χ0v) is 15.1. The van der Waals surface area contributed by atoms with Crippen LogP contribution in [0.5, 0.6) is 0 Å². The number of carbonyl (C=O) groups is 1. The van der Waals surface area contributed by atoms with Crippen LogP contribution in [0.2, 0.25) is 5.02 Å². The van der Waals surface area contributed by atoms with Gasteiger partial charge in [0.25, 0.3) is 0 Å². The van der Waals surface area contributed by atoms with Gasteiger partial charge in [-0.1, -0.05) is 29.8 Å². The molecule has 0 aromatic heterocycles. The quantitative estimate of drug-likeness (QED) is 0.788. The van der Waals surface area contributed by atoms with E-state index in [0.29, 0.717) is 26.2 Å². The summed E-state index contributed by atoms with van der Waals surface area (Å²) < 4.78 is 5.51. The molecule has 0 saturated carbocycles. The number of thioether (sulfide) groups is 1. The third kappa shape index (κ3) is 4.86. The second-order valence-electron chi connectivity index (χ2n) is 5.98. The number of benzene rings is 1. The third-order valence-electron chi connectivity index (χ3n) is 4.47. The molecule has 1 amide bonds. The number of amides is 1. The Morgan fingerprint density at radius 2 is 2.13 bits per heavy atom. The molecule has 1 fully saturated rings. The largest absolute Gasteiger partial charge is 0.381 e. The molecule has 1 heterocycles. The number of nitrogens with one attached hydrogen (secondary N) is 1. The van der Waals surface area contributed by atoms with Crippen molar-refractivity contribution >= 4 is 29.3 Å². The van der Waals surface area contributed by atoms with Gasteiger partial charge in [-0.2, -0.15) is 11.8 Å². The van der Waals surface area contributed by atoms with E-state index >= 15 is 0 Å². The summed E-state index contributed by atoms with van der Waals surface area (Å²) in [6.07, 6.45) is 4.39. The Morgan fingerprint density at radius 3 is 2.78 bits per heavy atom. The summed E-state index contributed by atoms with van der Waals surface area (Å²) in [5.74, 6) is 0.801. The minimum Gasteiger partial charge on any atom is -0.381 e. The SMILES string of the molecule is CSCC[C@H](N)C(=O)NCC1(c2ccccc2Cl)CCOCC1. The molecule has 0 aliphatic carbocycles. The maximum Gasteiger partial charge on any atom is 0.236 e. The topological polar surface area (TPSA) is 64.4 Å². The van der Waals surface area contributed by atoms with Crippen LogP contribution in [0.1, 0.15) is 24.8 Å². The van der Waals surface area contributed by atoms with Gasteiger partial charge in [0.05, 0.1) is 6.04 Å². The number of nitrogens with two attached hydrogens (primary N) is 1. The number of ether oxygens (including phenoxy) is 1. The zero-order chi connectivity index (χ0) is 16.7. The molecule has 4 nitrogen and oxygen atoms in total. The minimum atomic E-state index is -0.453. The van der Waals surface area contributed by atoms with Gasteiger partial charge in [-0.25, -0.2) is 0 Å². The lowest BCUT2D eigenvalue weighted by Gasteiger charge is -2.38. The highest BCUT2D eigenvalue weighted by molar-refractivity contribution is 7.98. The molecular weight excluding hydrogens is 332 g/mol. The molecule has 2 rings (SSSR count). The molecule has 6 heteroatoms. The monoisotopic (exact) mass is 356 g/mol. The highest BCUT2D eigenvalue weighted by atomic mass is 35.5. The van der Waals surface area contributed by atoms with Crippen molar-refractivity contribution in [2.45, 2.75) is 30.7 Å². The summed E-state index contributed by atoms with van der Waals surface area (Å²) in [7, 11) is 0. The number of hydrogen-bond acceptors (Lipinski definition) is 4. The van der Waals surface area contributed by atoms with Crippen LogP contribution in [0.4, 0.5) is 0 Å². The van der Waals surface area contributed by atoms with Crippen molar-refractivity contribution in [2.24, 2.45) is 5.73 Å². The van der Waals surface area contributed by atoms with Crippen LogP contribution in [0, 0.1) is 0 Å². The summed E-state index contributed by atoms with van der Waals surface area (Å²) in [5, 5.41) is 3.79. The Bertz CT molecular complexity index is 521. The van der Waals surface area contributed by atoms with Gasteiger partial charge in [0, 0.05) is 30.2 Å². The fourth-order valence-electron chi connectivity index (χ4n) is 2.96. The van der Waals surface area contributed by atoms with E-state index in [1.54, 1.807) is 11.8 Å². The Hall–Kier alpha value is -0.750. The third-order valence-corrected chi connectivity index (χ3v) is 5.44. The van der Waals surface area contributed by atoms with E-state index in [0.717, 1.165) is 29.2 Å². The van der Waals surface area contributed by atoms with E-state index in [1.165, 1.54) is 0 Å². The van der Waals surface area contributed by atoms with Crippen LogP contribution in [0.15, 0.2) is 24.3 Å². The first kappa shape index (κ1) is 18.6. The number of halogens is 1. The van der Waals surface area contributed by atoms with Crippen molar-refractivity contribution in [3.63, 3.8) is 0 Å². The van der Waals surface area contributed by atoms with Crippen molar-refractivity contribution in [1.29, 1.82) is 0 Å². The van der Waals surface area contributed by atoms with Gasteiger partial charge in [0.2, 0.25) is 5.91 Å². The maximum atomic E-state index is 12.2. The van der Waals surface area contributed by atoms with Crippen LogP contribution in [0.3, 0.4) is 0 Å². The minimum absolute atomic E-state index is 0.0861. The molecule has 1 saturated heterocycles. The predicted molar refractivity (Wildman–Crippen MR) is 97.2 cm³/mol. The lowest BCUT2D eigenvalue weighted by molar-refractivity contribution is -0.122. The van der Waals surface area contributed by atoms with E-state index in [9.17, 15) is 4.79 Å². The molecule has 128 valence electrons. The van der Waals surface area contributed by atoms with Crippen LogP contribution in [-0.2, 0) is 14.9 Å². The van der Waals surface area contributed by atoms with Gasteiger partial charge >= 0.3 is 0 Å². The van der Waals surface area contributed by atoms with Crippen LogP contribution >= 0.6 is 23.4 Å². The predicted octanol–water partition coefficient (Wildman–Crippen LogP) is 2.58. The molecule has 1 aliphatic heterocycles. The van der Waals surface area contributed by atoms with E-state index in [-0.39, 0.29) is 11.3 Å². The van der Waals surface area contributed by atoms with Gasteiger partial charge in [-0.15, -0.1) is 0 Å². The van der Waals surface area contributed by atoms with E-state index in [4.69, 9.17) is 22.1 Å². The molecule has 3 N–H and O–H groups in total. The van der Waals surface area contributed by atoms with Gasteiger partial charge < -0.3 is 15.8 Å². The molecule has 23 heavy (non-hydrogen) atoms. The van der Waals surface area contributed by atoms with Crippen LogP contribution in [0.25, 0.3) is 0 Å². The average molecular weight is 357 g/mol. The highest BCUT2D eigenvalue weighted by Crippen LogP contribution is 2.38. The summed E-state index contributed by atoms with van der Waals surface area (Å²) in [4.78, 5) is 12.2. The summed E-state index contributed by atoms with van der Waals surface area (Å²) in [6, 6.07) is 7.42. The van der Waals surface area contributed by atoms with E-state index in [2.05, 4.69) is 5.32 Å². The lowest BCUT2D eigenvalue weighted by Crippen LogP contribution is -2.49. The first-order chi connectivity index (χ1) is 11.1. The van der Waals surface area contributed by atoms with Crippen molar-refractivity contribution < 1.29 is 9.53 Å².